The first kappa shape index (κ1) is 21.9. The Hall–Kier alpha value is -3.91. The third-order valence-electron chi connectivity index (χ3n) is 6.25. The molecule has 2 aliphatic heterocycles. The molecule has 8 heteroatoms. The Balaban J connectivity index is 1.49. The van der Waals surface area contributed by atoms with Crippen molar-refractivity contribution in [2.45, 2.75) is 25.2 Å². The Morgan fingerprint density at radius 3 is 2.35 bits per heavy atom. The van der Waals surface area contributed by atoms with Gasteiger partial charge in [-0.1, -0.05) is 25.1 Å². The first-order chi connectivity index (χ1) is 16.4. The van der Waals surface area contributed by atoms with Gasteiger partial charge in [-0.2, -0.15) is 0 Å². The molecule has 0 bridgehead atoms. The molecule has 34 heavy (non-hydrogen) atoms. The average molecular weight is 464 g/mol. The molecule has 0 aliphatic carbocycles. The summed E-state index contributed by atoms with van der Waals surface area (Å²) in [7, 11) is 1.45. The number of carbonyl (C=O) groups excluding carboxylic acids is 1. The number of aliphatic hydroxyl groups is 1. The number of aliphatic hydroxyl groups excluding tert-OH is 1. The molecule has 0 saturated heterocycles. The van der Waals surface area contributed by atoms with Crippen LogP contribution in [0.1, 0.15) is 40.6 Å². The summed E-state index contributed by atoms with van der Waals surface area (Å²) in [5.41, 5.74) is 1.56. The van der Waals surface area contributed by atoms with Gasteiger partial charge in [-0.15, -0.1) is 0 Å². The number of methoxy groups -OCH3 is 1. The summed E-state index contributed by atoms with van der Waals surface area (Å²) >= 11 is 0. The third-order valence-corrected chi connectivity index (χ3v) is 6.25. The van der Waals surface area contributed by atoms with Crippen molar-refractivity contribution < 1.29 is 39.1 Å². The second-order valence-corrected chi connectivity index (χ2v) is 8.36. The molecule has 5 rings (SSSR count). The Kier molecular flexibility index (Phi) is 5.45. The number of fused-ring (bicyclic) bond motifs is 2. The van der Waals surface area contributed by atoms with Crippen LogP contribution in [0.15, 0.2) is 54.6 Å². The monoisotopic (exact) mass is 464 g/mol. The number of hydrogen-bond acceptors (Lipinski definition) is 8. The Bertz CT molecular complexity index is 1250. The van der Waals surface area contributed by atoms with Crippen molar-refractivity contribution in [2.75, 3.05) is 13.7 Å². The zero-order valence-corrected chi connectivity index (χ0v) is 18.6. The number of phenolic OH excluding ortho intramolecular Hbond substituents is 2. The van der Waals surface area contributed by atoms with Crippen LogP contribution in [0.3, 0.4) is 0 Å². The fourth-order valence-electron chi connectivity index (χ4n) is 4.44. The lowest BCUT2D eigenvalue weighted by Crippen LogP contribution is -2.36. The molecule has 0 saturated carbocycles. The van der Waals surface area contributed by atoms with E-state index in [2.05, 4.69) is 0 Å². The Morgan fingerprint density at radius 2 is 1.59 bits per heavy atom. The fraction of sp³-hybridized carbons (Fsp3) is 0.269. The van der Waals surface area contributed by atoms with Gasteiger partial charge in [0.15, 0.2) is 41.0 Å². The van der Waals surface area contributed by atoms with Crippen molar-refractivity contribution in [3.8, 4) is 34.5 Å². The van der Waals surface area contributed by atoms with Gasteiger partial charge in [0.25, 0.3) is 0 Å². The van der Waals surface area contributed by atoms with Crippen molar-refractivity contribution >= 4 is 5.78 Å². The summed E-state index contributed by atoms with van der Waals surface area (Å²) in [5.74, 6) is 0.656. The van der Waals surface area contributed by atoms with Crippen LogP contribution in [0.25, 0.3) is 0 Å². The minimum absolute atomic E-state index is 0.00867. The molecule has 176 valence electrons. The zero-order chi connectivity index (χ0) is 24.0. The number of benzene rings is 3. The second kappa shape index (κ2) is 8.46. The van der Waals surface area contributed by atoms with Gasteiger partial charge in [0, 0.05) is 5.56 Å². The molecule has 3 N–H and O–H groups in total. The van der Waals surface area contributed by atoms with E-state index >= 15 is 0 Å². The minimum atomic E-state index is -0.672. The maximum Gasteiger partial charge on any atom is 0.177 e. The van der Waals surface area contributed by atoms with Crippen LogP contribution in [-0.4, -0.2) is 40.9 Å². The smallest absolute Gasteiger partial charge is 0.177 e. The van der Waals surface area contributed by atoms with Gasteiger partial charge in [0.2, 0.25) is 0 Å². The van der Waals surface area contributed by atoms with Crippen LogP contribution >= 0.6 is 0 Å². The van der Waals surface area contributed by atoms with Crippen LogP contribution in [0.5, 0.6) is 34.5 Å². The molecule has 4 unspecified atom stereocenters. The fourth-order valence-corrected chi connectivity index (χ4v) is 4.44. The van der Waals surface area contributed by atoms with Crippen LogP contribution in [0.4, 0.5) is 0 Å². The number of aromatic hydroxyl groups is 2. The van der Waals surface area contributed by atoms with E-state index in [1.165, 1.54) is 19.2 Å². The summed E-state index contributed by atoms with van der Waals surface area (Å²) in [6.45, 7) is 1.47. The van der Waals surface area contributed by atoms with Crippen molar-refractivity contribution in [2.24, 2.45) is 5.92 Å². The molecule has 8 nitrogen and oxygen atoms in total. The zero-order valence-electron chi connectivity index (χ0n) is 18.6. The second-order valence-electron chi connectivity index (χ2n) is 8.36. The molecule has 0 aromatic heterocycles. The van der Waals surface area contributed by atoms with Crippen LogP contribution in [-0.2, 0) is 0 Å². The summed E-state index contributed by atoms with van der Waals surface area (Å²) in [6.07, 6.45) is -1.92. The third kappa shape index (κ3) is 3.56. The van der Waals surface area contributed by atoms with Gasteiger partial charge in [-0.25, -0.2) is 0 Å². The summed E-state index contributed by atoms with van der Waals surface area (Å²) in [6, 6.07) is 14.8. The van der Waals surface area contributed by atoms with Gasteiger partial charge in [-0.05, 0) is 42.0 Å². The van der Waals surface area contributed by atoms with Gasteiger partial charge >= 0.3 is 0 Å². The number of phenols is 2. The van der Waals surface area contributed by atoms with Gasteiger partial charge < -0.3 is 34.3 Å². The van der Waals surface area contributed by atoms with E-state index in [9.17, 15) is 20.1 Å². The number of carbonyl (C=O) groups is 1. The van der Waals surface area contributed by atoms with Crippen LogP contribution in [0.2, 0.25) is 0 Å². The van der Waals surface area contributed by atoms with E-state index in [1.54, 1.807) is 49.4 Å². The van der Waals surface area contributed by atoms with Crippen molar-refractivity contribution in [1.29, 1.82) is 0 Å². The maximum absolute atomic E-state index is 13.0. The van der Waals surface area contributed by atoms with Gasteiger partial charge in [0.05, 0.1) is 19.6 Å². The molecule has 3 aromatic carbocycles. The molecule has 0 fully saturated rings. The first-order valence-corrected chi connectivity index (χ1v) is 10.9. The molecular formula is C26H24O8. The van der Waals surface area contributed by atoms with Crippen molar-refractivity contribution in [3.05, 3.63) is 71.3 Å². The van der Waals surface area contributed by atoms with E-state index in [0.29, 0.717) is 28.4 Å². The SMILES string of the molecule is COc1cc(C2Oc3cc(C4Oc5cccc(O)c5C(=O)C4C)ccc3OC2CO)ccc1O. The van der Waals surface area contributed by atoms with E-state index in [-0.39, 0.29) is 35.2 Å². The Labute approximate surface area is 195 Å². The number of rotatable bonds is 4. The number of ketones is 1. The van der Waals surface area contributed by atoms with E-state index in [0.717, 1.165) is 0 Å². The summed E-state index contributed by atoms with van der Waals surface area (Å²) in [4.78, 5) is 13.0. The summed E-state index contributed by atoms with van der Waals surface area (Å²) < 4.78 is 23.5. The molecule has 2 aliphatic rings. The topological polar surface area (TPSA) is 115 Å². The highest BCUT2D eigenvalue weighted by molar-refractivity contribution is 6.03. The van der Waals surface area contributed by atoms with Crippen molar-refractivity contribution in [3.63, 3.8) is 0 Å². The van der Waals surface area contributed by atoms with Crippen LogP contribution < -0.4 is 18.9 Å². The number of ether oxygens (including phenoxy) is 4. The number of hydrogen-bond donors (Lipinski definition) is 3. The predicted octanol–water partition coefficient (Wildman–Crippen LogP) is 3.93. The largest absolute Gasteiger partial charge is 0.507 e. The lowest BCUT2D eigenvalue weighted by molar-refractivity contribution is -0.0127. The van der Waals surface area contributed by atoms with E-state index in [1.807, 2.05) is 0 Å². The van der Waals surface area contributed by atoms with Crippen LogP contribution in [0, 0.1) is 5.92 Å². The lowest BCUT2D eigenvalue weighted by Gasteiger charge is -2.35. The highest BCUT2D eigenvalue weighted by Crippen LogP contribution is 2.46. The standard InChI is InChI=1S/C26H24O8/c1-13-24(30)23-17(29)4-3-5-19(23)33-25(13)14-7-9-18-21(11-14)34-26(22(12-27)32-18)15-6-8-16(28)20(10-15)31-2/h3-11,13,22,25-29H,12H2,1-2H3. The Morgan fingerprint density at radius 1 is 0.853 bits per heavy atom. The quantitative estimate of drug-likeness (QED) is 0.532. The lowest BCUT2D eigenvalue weighted by atomic mass is 9.86. The summed E-state index contributed by atoms with van der Waals surface area (Å²) in [5, 5.41) is 29.9. The maximum atomic E-state index is 13.0. The molecule has 4 atom stereocenters. The van der Waals surface area contributed by atoms with Gasteiger partial charge in [-0.3, -0.25) is 4.79 Å². The molecule has 3 aromatic rings. The molecule has 0 radical (unpaired) electrons. The normalized spacial score (nSPS) is 23.1. The van der Waals surface area contributed by atoms with E-state index < -0.39 is 24.2 Å². The van der Waals surface area contributed by atoms with Gasteiger partial charge in [0.1, 0.15) is 23.2 Å². The highest BCUT2D eigenvalue weighted by atomic mass is 16.6. The minimum Gasteiger partial charge on any atom is -0.507 e. The predicted molar refractivity (Wildman–Crippen MR) is 121 cm³/mol. The average Bonchev–Trinajstić information content (AvgIpc) is 2.85. The first-order valence-electron chi connectivity index (χ1n) is 10.9. The highest BCUT2D eigenvalue weighted by Gasteiger charge is 2.38. The van der Waals surface area contributed by atoms with Crippen molar-refractivity contribution in [1.82, 2.24) is 0 Å². The molecule has 0 amide bonds. The van der Waals surface area contributed by atoms with E-state index in [4.69, 9.17) is 18.9 Å². The number of Topliss-reactive ketones (excluding diaryl/α,β-unsaturated/α-hetero) is 1. The molecule has 2 heterocycles. The molecule has 0 spiro atoms. The molecular weight excluding hydrogens is 440 g/mol.